The molecule has 0 saturated carbocycles. The van der Waals surface area contributed by atoms with E-state index in [1.165, 1.54) is 12.8 Å². The zero-order valence-electron chi connectivity index (χ0n) is 16.1. The quantitative estimate of drug-likeness (QED) is 0.701. The van der Waals surface area contributed by atoms with Gasteiger partial charge in [0.25, 0.3) is 5.91 Å². The van der Waals surface area contributed by atoms with Gasteiger partial charge in [-0.3, -0.25) is 9.69 Å². The first-order chi connectivity index (χ1) is 12.6. The van der Waals surface area contributed by atoms with Crippen LogP contribution >= 0.6 is 11.8 Å². The predicted molar refractivity (Wildman–Crippen MR) is 108 cm³/mol. The van der Waals surface area contributed by atoms with Crippen LogP contribution in [0.2, 0.25) is 0 Å². The number of nitrogens with zero attached hydrogens (tertiary/aromatic N) is 1. The third kappa shape index (κ3) is 5.24. The fourth-order valence-electron chi connectivity index (χ4n) is 3.89. The van der Waals surface area contributed by atoms with Crippen LogP contribution < -0.4 is 5.32 Å². The number of nitrogens with one attached hydrogen (secondary N) is 1. The summed E-state index contributed by atoms with van der Waals surface area (Å²) in [6.45, 7) is 8.42. The molecule has 2 heterocycles. The van der Waals surface area contributed by atoms with Crippen LogP contribution in [0.3, 0.4) is 0 Å². The molecule has 0 aromatic heterocycles. The Kier molecular flexibility index (Phi) is 7.41. The molecule has 0 unspecified atom stereocenters. The average Bonchev–Trinajstić information content (AvgIpc) is 3.34. The highest BCUT2D eigenvalue weighted by molar-refractivity contribution is 7.99. The molecule has 2 fully saturated rings. The Hall–Kier alpha value is -1.04. The van der Waals surface area contributed by atoms with Gasteiger partial charge in [0.1, 0.15) is 0 Å². The summed E-state index contributed by atoms with van der Waals surface area (Å²) >= 11 is 1.74. The van der Waals surface area contributed by atoms with Gasteiger partial charge in [0.15, 0.2) is 0 Å². The van der Waals surface area contributed by atoms with Crippen molar-refractivity contribution in [3.8, 4) is 0 Å². The van der Waals surface area contributed by atoms with E-state index in [0.29, 0.717) is 18.1 Å². The van der Waals surface area contributed by atoms with Crippen molar-refractivity contribution >= 4 is 17.7 Å². The average molecular weight is 377 g/mol. The molecule has 26 heavy (non-hydrogen) atoms. The monoisotopic (exact) mass is 376 g/mol. The van der Waals surface area contributed by atoms with Crippen molar-refractivity contribution < 1.29 is 9.53 Å². The van der Waals surface area contributed by atoms with Gasteiger partial charge in [0.05, 0.1) is 11.7 Å². The second kappa shape index (κ2) is 9.77. The van der Waals surface area contributed by atoms with Gasteiger partial charge < -0.3 is 10.1 Å². The Labute approximate surface area is 162 Å². The first-order valence-electron chi connectivity index (χ1n) is 10.0. The van der Waals surface area contributed by atoms with Gasteiger partial charge >= 0.3 is 0 Å². The third-order valence-electron chi connectivity index (χ3n) is 5.43. The Bertz CT molecular complexity index is 581. The topological polar surface area (TPSA) is 41.6 Å². The van der Waals surface area contributed by atoms with E-state index in [4.69, 9.17) is 4.74 Å². The number of ether oxygens (including phenoxy) is 1. The van der Waals surface area contributed by atoms with Crippen molar-refractivity contribution in [3.63, 3.8) is 0 Å². The van der Waals surface area contributed by atoms with E-state index in [1.54, 1.807) is 11.8 Å². The second-order valence-corrected chi connectivity index (χ2v) is 8.77. The van der Waals surface area contributed by atoms with E-state index in [9.17, 15) is 4.79 Å². The van der Waals surface area contributed by atoms with Crippen LogP contribution in [0, 0.1) is 5.92 Å². The lowest BCUT2D eigenvalue weighted by molar-refractivity contribution is 0.0924. The second-order valence-electron chi connectivity index (χ2n) is 7.71. The Morgan fingerprint density at radius 2 is 2.04 bits per heavy atom. The number of carbonyl (C=O) groups excluding carboxylic acids is 1. The lowest BCUT2D eigenvalue weighted by Gasteiger charge is -2.31. The fraction of sp³-hybridized carbons (Fsp3) is 0.667. The van der Waals surface area contributed by atoms with Crippen molar-refractivity contribution in [2.24, 2.45) is 5.92 Å². The number of thioether (sulfide) groups is 1. The summed E-state index contributed by atoms with van der Waals surface area (Å²) in [7, 11) is 0. The van der Waals surface area contributed by atoms with E-state index < -0.39 is 0 Å². The molecule has 1 aromatic carbocycles. The molecular formula is C21H32N2O2S. The van der Waals surface area contributed by atoms with Crippen LogP contribution in [0.1, 0.15) is 49.9 Å². The number of benzene rings is 1. The summed E-state index contributed by atoms with van der Waals surface area (Å²) < 4.78 is 5.71. The molecule has 5 heteroatoms. The zero-order chi connectivity index (χ0) is 18.4. The summed E-state index contributed by atoms with van der Waals surface area (Å²) in [5.74, 6) is 1.51. The number of hydrogen-bond donors (Lipinski definition) is 1. The third-order valence-corrected chi connectivity index (χ3v) is 6.64. The SMILES string of the molecule is CC(C)[C@H](CNC(=O)c1ccccc1SC[C@H]1CCCO1)N1CCCC1. The van der Waals surface area contributed by atoms with Crippen LogP contribution in [0.4, 0.5) is 0 Å². The van der Waals surface area contributed by atoms with Gasteiger partial charge in [-0.2, -0.15) is 0 Å². The van der Waals surface area contributed by atoms with Gasteiger partial charge in [-0.05, 0) is 56.8 Å². The molecule has 2 aliphatic rings. The minimum atomic E-state index is 0.0466. The van der Waals surface area contributed by atoms with Gasteiger partial charge in [0, 0.05) is 29.8 Å². The highest BCUT2D eigenvalue weighted by Gasteiger charge is 2.25. The maximum Gasteiger partial charge on any atom is 0.252 e. The van der Waals surface area contributed by atoms with Crippen molar-refractivity contribution in [1.82, 2.24) is 10.2 Å². The van der Waals surface area contributed by atoms with Crippen LogP contribution in [-0.4, -0.2) is 54.9 Å². The molecule has 0 aliphatic carbocycles. The van der Waals surface area contributed by atoms with Gasteiger partial charge in [-0.1, -0.05) is 26.0 Å². The molecule has 0 radical (unpaired) electrons. The van der Waals surface area contributed by atoms with Gasteiger partial charge in [-0.15, -0.1) is 11.8 Å². The molecule has 1 amide bonds. The van der Waals surface area contributed by atoms with Crippen molar-refractivity contribution in [3.05, 3.63) is 29.8 Å². The van der Waals surface area contributed by atoms with Crippen molar-refractivity contribution in [2.75, 3.05) is 32.0 Å². The molecule has 2 aliphatic heterocycles. The molecular weight excluding hydrogens is 344 g/mol. The molecule has 0 bridgehead atoms. The largest absolute Gasteiger partial charge is 0.377 e. The number of likely N-dealkylation sites (tertiary alicyclic amines) is 1. The molecule has 4 nitrogen and oxygen atoms in total. The molecule has 1 N–H and O–H groups in total. The summed E-state index contributed by atoms with van der Waals surface area (Å²) in [5, 5.41) is 3.20. The first-order valence-corrected chi connectivity index (χ1v) is 11.0. The van der Waals surface area contributed by atoms with Crippen LogP contribution in [0.15, 0.2) is 29.2 Å². The number of amides is 1. The van der Waals surface area contributed by atoms with Crippen molar-refractivity contribution in [1.29, 1.82) is 0 Å². The van der Waals surface area contributed by atoms with E-state index in [0.717, 1.165) is 55.3 Å². The fourth-order valence-corrected chi connectivity index (χ4v) is 5.01. The van der Waals surface area contributed by atoms with Crippen LogP contribution in [0.25, 0.3) is 0 Å². The lowest BCUT2D eigenvalue weighted by Crippen LogP contribution is -2.45. The summed E-state index contributed by atoms with van der Waals surface area (Å²) in [4.78, 5) is 16.4. The van der Waals surface area contributed by atoms with Crippen molar-refractivity contribution in [2.45, 2.75) is 56.6 Å². The normalized spacial score (nSPS) is 22.0. The molecule has 2 atom stereocenters. The van der Waals surface area contributed by atoms with E-state index >= 15 is 0 Å². The molecule has 3 rings (SSSR count). The van der Waals surface area contributed by atoms with E-state index in [1.807, 2.05) is 18.2 Å². The zero-order valence-corrected chi connectivity index (χ0v) is 16.9. The Morgan fingerprint density at radius 1 is 1.27 bits per heavy atom. The predicted octanol–water partition coefficient (Wildman–Crippen LogP) is 3.81. The first kappa shape index (κ1) is 19.7. The number of carbonyl (C=O) groups is 1. The maximum atomic E-state index is 12.8. The standard InChI is InChI=1S/C21H32N2O2S/c1-16(2)19(23-11-5-6-12-23)14-22-21(24)18-9-3-4-10-20(18)26-15-17-8-7-13-25-17/h3-4,9-10,16-17,19H,5-8,11-15H2,1-2H3,(H,22,24)/t17-,19+/m1/s1. The summed E-state index contributed by atoms with van der Waals surface area (Å²) in [6, 6.07) is 8.37. The van der Waals surface area contributed by atoms with E-state index in [-0.39, 0.29) is 5.91 Å². The lowest BCUT2D eigenvalue weighted by atomic mass is 10.0. The van der Waals surface area contributed by atoms with Gasteiger partial charge in [-0.25, -0.2) is 0 Å². The highest BCUT2D eigenvalue weighted by Crippen LogP contribution is 2.27. The van der Waals surface area contributed by atoms with Gasteiger partial charge in [0.2, 0.25) is 0 Å². The summed E-state index contributed by atoms with van der Waals surface area (Å²) in [5.41, 5.74) is 0.791. The smallest absolute Gasteiger partial charge is 0.252 e. The van der Waals surface area contributed by atoms with E-state index in [2.05, 4.69) is 30.1 Å². The van der Waals surface area contributed by atoms with Crippen LogP contribution in [0.5, 0.6) is 0 Å². The molecule has 2 saturated heterocycles. The minimum Gasteiger partial charge on any atom is -0.377 e. The number of rotatable bonds is 8. The Balaban J connectivity index is 1.58. The minimum absolute atomic E-state index is 0.0466. The molecule has 1 aromatic rings. The summed E-state index contributed by atoms with van der Waals surface area (Å²) in [6.07, 6.45) is 5.17. The highest BCUT2D eigenvalue weighted by atomic mass is 32.2. The number of hydrogen-bond acceptors (Lipinski definition) is 4. The Morgan fingerprint density at radius 3 is 2.73 bits per heavy atom. The maximum absolute atomic E-state index is 12.8. The van der Waals surface area contributed by atoms with Crippen LogP contribution in [-0.2, 0) is 4.74 Å². The molecule has 0 spiro atoms. The molecule has 144 valence electrons.